The summed E-state index contributed by atoms with van der Waals surface area (Å²) < 4.78 is 0. The van der Waals surface area contributed by atoms with Gasteiger partial charge in [0.05, 0.1) is 5.38 Å². The zero-order chi connectivity index (χ0) is 12.7. The van der Waals surface area contributed by atoms with E-state index in [0.29, 0.717) is 5.92 Å². The maximum absolute atomic E-state index is 6.09. The van der Waals surface area contributed by atoms with Crippen molar-refractivity contribution in [2.45, 2.75) is 31.6 Å². The molecule has 0 saturated carbocycles. The number of benzene rings is 1. The lowest BCUT2D eigenvalue weighted by atomic mass is 9.77. The first-order valence-electron chi connectivity index (χ1n) is 6.22. The quantitative estimate of drug-likeness (QED) is 0.767. The molecule has 1 heterocycles. The Kier molecular flexibility index (Phi) is 2.83. The highest BCUT2D eigenvalue weighted by Crippen LogP contribution is 2.38. The summed E-state index contributed by atoms with van der Waals surface area (Å²) in [6.07, 6.45) is 2.92. The summed E-state index contributed by atoms with van der Waals surface area (Å²) >= 11 is 6.09. The van der Waals surface area contributed by atoms with Gasteiger partial charge >= 0.3 is 0 Å². The van der Waals surface area contributed by atoms with Crippen molar-refractivity contribution < 1.29 is 0 Å². The summed E-state index contributed by atoms with van der Waals surface area (Å²) in [5.41, 5.74) is 4.79. The van der Waals surface area contributed by atoms with Gasteiger partial charge in [-0.05, 0) is 31.4 Å². The lowest BCUT2D eigenvalue weighted by Crippen LogP contribution is -2.21. The fraction of sp³-hybridized carbons (Fsp3) is 0.333. The smallest absolute Gasteiger partial charge is 0.136 e. The number of halogens is 1. The van der Waals surface area contributed by atoms with Crippen molar-refractivity contribution >= 4 is 11.6 Å². The minimum Gasteiger partial charge on any atom is -0.240 e. The van der Waals surface area contributed by atoms with Crippen LogP contribution in [0.2, 0.25) is 0 Å². The second-order valence-corrected chi connectivity index (χ2v) is 5.50. The Hall–Kier alpha value is -1.41. The van der Waals surface area contributed by atoms with Crippen LogP contribution >= 0.6 is 11.6 Å². The van der Waals surface area contributed by atoms with Crippen LogP contribution in [0.3, 0.4) is 0 Å². The van der Waals surface area contributed by atoms with E-state index < -0.39 is 0 Å². The number of rotatable bonds is 2. The molecule has 1 aliphatic rings. The van der Waals surface area contributed by atoms with Crippen LogP contribution in [0.1, 0.15) is 46.4 Å². The zero-order valence-corrected chi connectivity index (χ0v) is 11.3. The van der Waals surface area contributed by atoms with Gasteiger partial charge in [-0.15, -0.1) is 11.6 Å². The molecule has 0 aliphatic heterocycles. The van der Waals surface area contributed by atoms with Crippen molar-refractivity contribution in [2.24, 2.45) is 0 Å². The van der Waals surface area contributed by atoms with Gasteiger partial charge in [0.15, 0.2) is 0 Å². The van der Waals surface area contributed by atoms with Gasteiger partial charge in [0, 0.05) is 23.4 Å². The molecule has 18 heavy (non-hydrogen) atoms. The van der Waals surface area contributed by atoms with Gasteiger partial charge in [-0.3, -0.25) is 0 Å². The van der Waals surface area contributed by atoms with Crippen molar-refractivity contribution in [3.63, 3.8) is 0 Å². The average Bonchev–Trinajstić information content (AvgIpc) is 2.30. The second kappa shape index (κ2) is 4.36. The molecule has 0 N–H and O–H groups in total. The molecule has 0 amide bonds. The van der Waals surface area contributed by atoms with Gasteiger partial charge in [-0.1, -0.05) is 24.3 Å². The lowest BCUT2D eigenvalue weighted by Gasteiger charge is -2.29. The fourth-order valence-corrected chi connectivity index (χ4v) is 2.76. The van der Waals surface area contributed by atoms with Crippen molar-refractivity contribution in [2.75, 3.05) is 0 Å². The van der Waals surface area contributed by atoms with Crippen LogP contribution in [0.4, 0.5) is 0 Å². The van der Waals surface area contributed by atoms with Gasteiger partial charge in [0.1, 0.15) is 5.82 Å². The molecule has 0 saturated heterocycles. The maximum Gasteiger partial charge on any atom is 0.136 e. The van der Waals surface area contributed by atoms with Crippen molar-refractivity contribution in [1.29, 1.82) is 0 Å². The molecule has 2 unspecified atom stereocenters. The van der Waals surface area contributed by atoms with Crippen LogP contribution < -0.4 is 0 Å². The minimum atomic E-state index is -0.0345. The first-order valence-corrected chi connectivity index (χ1v) is 6.65. The molecule has 0 spiro atoms. The first kappa shape index (κ1) is 11.7. The van der Waals surface area contributed by atoms with Crippen molar-refractivity contribution in [1.82, 2.24) is 9.97 Å². The number of hydrogen-bond acceptors (Lipinski definition) is 2. The largest absolute Gasteiger partial charge is 0.240 e. The van der Waals surface area contributed by atoms with E-state index in [1.54, 1.807) is 0 Å². The molecule has 0 bridgehead atoms. The van der Waals surface area contributed by atoms with Gasteiger partial charge in [-0.25, -0.2) is 9.97 Å². The van der Waals surface area contributed by atoms with Crippen LogP contribution in [0.25, 0.3) is 0 Å². The number of fused-ring (bicyclic) bond motifs is 1. The fourth-order valence-electron chi connectivity index (χ4n) is 2.54. The minimum absolute atomic E-state index is 0.0345. The van der Waals surface area contributed by atoms with E-state index >= 15 is 0 Å². The second-order valence-electron chi connectivity index (χ2n) is 4.84. The molecule has 1 aromatic carbocycles. The predicted molar refractivity (Wildman–Crippen MR) is 73.0 cm³/mol. The van der Waals surface area contributed by atoms with Gasteiger partial charge in [-0.2, -0.15) is 0 Å². The molecule has 2 aromatic rings. The Morgan fingerprint density at radius 1 is 1.33 bits per heavy atom. The molecule has 92 valence electrons. The van der Waals surface area contributed by atoms with Gasteiger partial charge < -0.3 is 0 Å². The highest BCUT2D eigenvalue weighted by atomic mass is 35.5. The SMILES string of the molecule is Cc1nc(C2Cc3ccccc32)ncc1C(C)Cl. The number of alkyl halides is 1. The Balaban J connectivity index is 1.94. The van der Waals surface area contributed by atoms with Crippen LogP contribution in [-0.4, -0.2) is 9.97 Å². The highest BCUT2D eigenvalue weighted by molar-refractivity contribution is 6.20. The monoisotopic (exact) mass is 258 g/mol. The van der Waals surface area contributed by atoms with E-state index in [-0.39, 0.29) is 5.38 Å². The molecule has 1 aromatic heterocycles. The number of nitrogens with zero attached hydrogens (tertiary/aromatic N) is 2. The first-order chi connectivity index (χ1) is 8.66. The van der Waals surface area contributed by atoms with E-state index in [2.05, 4.69) is 34.2 Å². The molecule has 2 atom stereocenters. The van der Waals surface area contributed by atoms with E-state index in [1.807, 2.05) is 20.0 Å². The lowest BCUT2D eigenvalue weighted by molar-refractivity contribution is 0.653. The Bertz CT molecular complexity index is 593. The molecule has 3 rings (SSSR count). The molecule has 3 heteroatoms. The summed E-state index contributed by atoms with van der Waals surface area (Å²) in [6, 6.07) is 8.50. The number of hydrogen-bond donors (Lipinski definition) is 0. The summed E-state index contributed by atoms with van der Waals surface area (Å²) in [6.45, 7) is 3.95. The predicted octanol–water partition coefficient (Wildman–Crippen LogP) is 3.77. The highest BCUT2D eigenvalue weighted by Gasteiger charge is 2.29. The van der Waals surface area contributed by atoms with Crippen LogP contribution in [0, 0.1) is 6.92 Å². The summed E-state index contributed by atoms with van der Waals surface area (Å²) in [7, 11) is 0. The Morgan fingerprint density at radius 3 is 2.78 bits per heavy atom. The third-order valence-corrected chi connectivity index (χ3v) is 3.87. The standard InChI is InChI=1S/C15H15ClN2/c1-9(16)14-8-17-15(18-10(14)2)13-7-11-5-3-4-6-12(11)13/h3-6,8-9,13H,7H2,1-2H3. The van der Waals surface area contributed by atoms with Crippen LogP contribution in [-0.2, 0) is 6.42 Å². The molecule has 0 fully saturated rings. The summed E-state index contributed by atoms with van der Waals surface area (Å²) in [4.78, 5) is 9.11. The Morgan fingerprint density at radius 2 is 2.11 bits per heavy atom. The van der Waals surface area contributed by atoms with E-state index in [1.165, 1.54) is 11.1 Å². The van der Waals surface area contributed by atoms with Gasteiger partial charge in [0.25, 0.3) is 0 Å². The molecular formula is C15H15ClN2. The topological polar surface area (TPSA) is 25.8 Å². The number of aromatic nitrogens is 2. The van der Waals surface area contributed by atoms with E-state index in [0.717, 1.165) is 23.5 Å². The van der Waals surface area contributed by atoms with E-state index in [9.17, 15) is 0 Å². The Labute approximate surface area is 112 Å². The summed E-state index contributed by atoms with van der Waals surface area (Å²) in [5.74, 6) is 1.28. The zero-order valence-electron chi connectivity index (χ0n) is 10.5. The maximum atomic E-state index is 6.09. The third kappa shape index (κ3) is 1.81. The average molecular weight is 259 g/mol. The van der Waals surface area contributed by atoms with E-state index in [4.69, 9.17) is 11.6 Å². The molecular weight excluding hydrogens is 244 g/mol. The normalized spacial score (nSPS) is 18.9. The third-order valence-electron chi connectivity index (χ3n) is 3.63. The molecule has 2 nitrogen and oxygen atoms in total. The van der Waals surface area contributed by atoms with Crippen molar-refractivity contribution in [3.05, 3.63) is 58.7 Å². The van der Waals surface area contributed by atoms with Crippen LogP contribution in [0.5, 0.6) is 0 Å². The summed E-state index contributed by atoms with van der Waals surface area (Å²) in [5, 5.41) is -0.0345. The molecule has 0 radical (unpaired) electrons. The number of aryl methyl sites for hydroxylation is 1. The van der Waals surface area contributed by atoms with Crippen LogP contribution in [0.15, 0.2) is 30.5 Å². The van der Waals surface area contributed by atoms with Crippen molar-refractivity contribution in [3.8, 4) is 0 Å². The van der Waals surface area contributed by atoms with Gasteiger partial charge in [0.2, 0.25) is 0 Å². The molecule has 1 aliphatic carbocycles.